The van der Waals surface area contributed by atoms with Crippen LogP contribution in [-0.2, 0) is 6.54 Å². The van der Waals surface area contributed by atoms with Crippen LogP contribution in [0.1, 0.15) is 49.5 Å². The molecule has 1 heterocycles. The minimum Gasteiger partial charge on any atom is -0.357 e. The Labute approximate surface area is 162 Å². The zero-order valence-corrected chi connectivity index (χ0v) is 17.1. The third-order valence-corrected chi connectivity index (χ3v) is 5.93. The third kappa shape index (κ3) is 6.24. The molecule has 5 nitrogen and oxygen atoms in total. The average Bonchev–Trinajstić information content (AvgIpc) is 3.19. The number of nitrogens with one attached hydrogen (secondary N) is 2. The van der Waals surface area contributed by atoms with E-state index >= 15 is 0 Å². The van der Waals surface area contributed by atoms with Crippen LogP contribution in [0.25, 0.3) is 0 Å². The van der Waals surface area contributed by atoms with Gasteiger partial charge >= 0.3 is 0 Å². The van der Waals surface area contributed by atoms with Gasteiger partial charge in [-0.3, -0.25) is 4.79 Å². The Bertz CT molecular complexity index is 578. The van der Waals surface area contributed by atoms with Crippen LogP contribution in [0.4, 0.5) is 0 Å². The summed E-state index contributed by atoms with van der Waals surface area (Å²) in [4.78, 5) is 18.9. The van der Waals surface area contributed by atoms with Crippen LogP contribution in [0.2, 0.25) is 0 Å². The quantitative estimate of drug-likeness (QED) is 0.541. The largest absolute Gasteiger partial charge is 0.357 e. The number of guanidine groups is 1. The molecule has 0 aliphatic carbocycles. The summed E-state index contributed by atoms with van der Waals surface area (Å²) in [7, 11) is 0. The second kappa shape index (κ2) is 11.1. The van der Waals surface area contributed by atoms with Gasteiger partial charge in [0.05, 0.1) is 6.54 Å². The molecule has 1 atom stereocenters. The van der Waals surface area contributed by atoms with Crippen molar-refractivity contribution in [1.29, 1.82) is 0 Å². The molecule has 1 unspecified atom stereocenters. The van der Waals surface area contributed by atoms with Crippen LogP contribution in [0.15, 0.2) is 29.3 Å². The number of rotatable bonds is 8. The first kappa shape index (κ1) is 20.6. The molecule has 1 saturated heterocycles. The van der Waals surface area contributed by atoms with Crippen molar-refractivity contribution in [2.75, 3.05) is 31.9 Å². The smallest absolute Gasteiger partial charge is 0.253 e. The van der Waals surface area contributed by atoms with E-state index in [1.165, 1.54) is 18.6 Å². The van der Waals surface area contributed by atoms with E-state index in [1.807, 2.05) is 54.8 Å². The van der Waals surface area contributed by atoms with Gasteiger partial charge in [-0.1, -0.05) is 12.1 Å². The van der Waals surface area contributed by atoms with Crippen LogP contribution >= 0.6 is 11.8 Å². The number of hydrogen-bond donors (Lipinski definition) is 2. The zero-order valence-electron chi connectivity index (χ0n) is 16.3. The molecule has 1 fully saturated rings. The normalized spacial score (nSPS) is 17.2. The van der Waals surface area contributed by atoms with Gasteiger partial charge < -0.3 is 15.5 Å². The van der Waals surface area contributed by atoms with E-state index in [-0.39, 0.29) is 5.91 Å². The van der Waals surface area contributed by atoms with Crippen LogP contribution in [0.3, 0.4) is 0 Å². The van der Waals surface area contributed by atoms with Gasteiger partial charge in [-0.25, -0.2) is 4.99 Å². The number of thioether (sulfide) groups is 1. The first-order valence-electron chi connectivity index (χ1n) is 9.69. The summed E-state index contributed by atoms with van der Waals surface area (Å²) in [6.45, 7) is 9.97. The molecule has 1 aromatic rings. The van der Waals surface area contributed by atoms with Gasteiger partial charge in [-0.05, 0) is 57.1 Å². The van der Waals surface area contributed by atoms with E-state index in [4.69, 9.17) is 0 Å². The van der Waals surface area contributed by atoms with E-state index in [9.17, 15) is 4.79 Å². The first-order valence-corrected chi connectivity index (χ1v) is 10.7. The van der Waals surface area contributed by atoms with Crippen molar-refractivity contribution >= 4 is 23.6 Å². The van der Waals surface area contributed by atoms with E-state index in [0.717, 1.165) is 43.3 Å². The number of amides is 1. The Morgan fingerprint density at radius 1 is 1.19 bits per heavy atom. The Hall–Kier alpha value is -1.69. The van der Waals surface area contributed by atoms with Gasteiger partial charge in [0, 0.05) is 37.0 Å². The Morgan fingerprint density at radius 3 is 2.50 bits per heavy atom. The third-order valence-electron chi connectivity index (χ3n) is 4.54. The summed E-state index contributed by atoms with van der Waals surface area (Å²) in [5.74, 6) is 2.23. The van der Waals surface area contributed by atoms with Gasteiger partial charge in [-0.2, -0.15) is 11.8 Å². The standard InChI is InChI=1S/C20H32N4OS/c1-4-21-20(23-15-18-8-7-13-26-18)22-14-16-9-11-17(12-10-16)19(25)24(5-2)6-3/h9-12,18H,4-8,13-15H2,1-3H3,(H2,21,22,23). The second-order valence-corrected chi connectivity index (χ2v) is 7.79. The monoisotopic (exact) mass is 376 g/mol. The number of carbonyl (C=O) groups excluding carboxylic acids is 1. The zero-order chi connectivity index (χ0) is 18.8. The molecule has 0 aromatic heterocycles. The van der Waals surface area contributed by atoms with Crippen molar-refractivity contribution in [3.63, 3.8) is 0 Å². The molecule has 0 spiro atoms. The maximum atomic E-state index is 12.4. The average molecular weight is 377 g/mol. The van der Waals surface area contributed by atoms with E-state index < -0.39 is 0 Å². The van der Waals surface area contributed by atoms with Crippen molar-refractivity contribution in [1.82, 2.24) is 15.5 Å². The molecule has 2 N–H and O–H groups in total. The first-order chi connectivity index (χ1) is 12.7. The van der Waals surface area contributed by atoms with E-state index in [2.05, 4.69) is 22.5 Å². The molecule has 1 aromatic carbocycles. The molecule has 6 heteroatoms. The van der Waals surface area contributed by atoms with Crippen LogP contribution in [0.5, 0.6) is 0 Å². The molecular weight excluding hydrogens is 344 g/mol. The molecule has 1 aliphatic heterocycles. The lowest BCUT2D eigenvalue weighted by Gasteiger charge is -2.18. The molecule has 1 aliphatic rings. The fourth-order valence-electron chi connectivity index (χ4n) is 2.97. The Balaban J connectivity index is 1.92. The highest BCUT2D eigenvalue weighted by Crippen LogP contribution is 2.25. The Kier molecular flexibility index (Phi) is 8.81. The highest BCUT2D eigenvalue weighted by molar-refractivity contribution is 8.00. The lowest BCUT2D eigenvalue weighted by molar-refractivity contribution is 0.0773. The lowest BCUT2D eigenvalue weighted by atomic mass is 10.1. The summed E-state index contributed by atoms with van der Waals surface area (Å²) in [6.07, 6.45) is 2.61. The molecule has 1 amide bonds. The predicted molar refractivity (Wildman–Crippen MR) is 112 cm³/mol. The molecule has 26 heavy (non-hydrogen) atoms. The van der Waals surface area contributed by atoms with E-state index in [1.54, 1.807) is 0 Å². The van der Waals surface area contributed by atoms with Crippen molar-refractivity contribution < 1.29 is 4.79 Å². The molecule has 144 valence electrons. The number of nitrogens with zero attached hydrogens (tertiary/aromatic N) is 2. The number of benzene rings is 1. The highest BCUT2D eigenvalue weighted by atomic mass is 32.2. The van der Waals surface area contributed by atoms with Gasteiger partial charge in [0.1, 0.15) is 0 Å². The molecule has 0 saturated carbocycles. The summed E-state index contributed by atoms with van der Waals surface area (Å²) in [5.41, 5.74) is 1.85. The topological polar surface area (TPSA) is 56.7 Å². The van der Waals surface area contributed by atoms with Gasteiger partial charge in [0.2, 0.25) is 0 Å². The SMILES string of the molecule is CCNC(=NCc1ccc(C(=O)N(CC)CC)cc1)NCC1CCCS1. The van der Waals surface area contributed by atoms with Gasteiger partial charge in [-0.15, -0.1) is 0 Å². The van der Waals surface area contributed by atoms with Gasteiger partial charge in [0.15, 0.2) is 5.96 Å². The minimum atomic E-state index is 0.0918. The maximum absolute atomic E-state index is 12.4. The predicted octanol–water partition coefficient (Wildman–Crippen LogP) is 3.12. The fourth-order valence-corrected chi connectivity index (χ4v) is 4.18. The summed E-state index contributed by atoms with van der Waals surface area (Å²) < 4.78 is 0. The van der Waals surface area contributed by atoms with Crippen LogP contribution in [-0.4, -0.2) is 53.9 Å². The molecular formula is C20H32N4OS. The lowest BCUT2D eigenvalue weighted by Crippen LogP contribution is -2.40. The van der Waals surface area contributed by atoms with Crippen molar-refractivity contribution in [2.24, 2.45) is 4.99 Å². The number of hydrogen-bond acceptors (Lipinski definition) is 3. The Morgan fingerprint density at radius 2 is 1.92 bits per heavy atom. The number of carbonyl (C=O) groups is 1. The van der Waals surface area contributed by atoms with Crippen LogP contribution < -0.4 is 10.6 Å². The minimum absolute atomic E-state index is 0.0918. The molecule has 2 rings (SSSR count). The van der Waals surface area contributed by atoms with Crippen molar-refractivity contribution in [2.45, 2.75) is 45.4 Å². The van der Waals surface area contributed by atoms with Crippen LogP contribution in [0, 0.1) is 0 Å². The summed E-state index contributed by atoms with van der Waals surface area (Å²) in [6, 6.07) is 7.80. The van der Waals surface area contributed by atoms with E-state index in [0.29, 0.717) is 11.8 Å². The summed E-state index contributed by atoms with van der Waals surface area (Å²) in [5, 5.41) is 7.45. The van der Waals surface area contributed by atoms with Crippen molar-refractivity contribution in [3.05, 3.63) is 35.4 Å². The number of aliphatic imine (C=N–C) groups is 1. The maximum Gasteiger partial charge on any atom is 0.253 e. The highest BCUT2D eigenvalue weighted by Gasteiger charge is 2.15. The van der Waals surface area contributed by atoms with Gasteiger partial charge in [0.25, 0.3) is 5.91 Å². The molecule has 0 radical (unpaired) electrons. The molecule has 0 bridgehead atoms. The van der Waals surface area contributed by atoms with Crippen molar-refractivity contribution in [3.8, 4) is 0 Å². The fraction of sp³-hybridized carbons (Fsp3) is 0.600. The summed E-state index contributed by atoms with van der Waals surface area (Å²) >= 11 is 2.05. The second-order valence-electron chi connectivity index (χ2n) is 6.39.